The van der Waals surface area contributed by atoms with Gasteiger partial charge in [0.05, 0.1) is 19.3 Å². The molecule has 80 valence electrons. The van der Waals surface area contributed by atoms with E-state index in [-0.39, 0.29) is 19.3 Å². The predicted octanol–water partition coefficient (Wildman–Crippen LogP) is 1.30. The smallest absolute Gasteiger partial charge is 0.0609 e. The SMILES string of the molecule is CN(Cc1cc(Br)cs1)C(CO)CO. The van der Waals surface area contributed by atoms with E-state index in [4.69, 9.17) is 10.2 Å². The zero-order valence-corrected chi connectivity index (χ0v) is 10.4. The Kier molecular flexibility index (Phi) is 5.05. The fraction of sp³-hybridized carbons (Fsp3) is 0.556. The van der Waals surface area contributed by atoms with Gasteiger partial charge in [0.15, 0.2) is 0 Å². The average Bonchev–Trinajstić information content (AvgIpc) is 2.53. The van der Waals surface area contributed by atoms with Crippen molar-refractivity contribution in [3.05, 3.63) is 20.8 Å². The van der Waals surface area contributed by atoms with Crippen LogP contribution >= 0.6 is 27.3 Å². The van der Waals surface area contributed by atoms with Crippen LogP contribution in [-0.4, -0.2) is 41.4 Å². The first-order valence-corrected chi connectivity index (χ1v) is 5.99. The Morgan fingerprint density at radius 2 is 2.14 bits per heavy atom. The maximum atomic E-state index is 8.97. The summed E-state index contributed by atoms with van der Waals surface area (Å²) in [5.74, 6) is 0. The molecule has 0 saturated heterocycles. The molecule has 3 nitrogen and oxygen atoms in total. The van der Waals surface area contributed by atoms with Crippen molar-refractivity contribution in [1.82, 2.24) is 4.90 Å². The number of likely N-dealkylation sites (N-methyl/N-ethyl adjacent to an activating group) is 1. The number of hydrogen-bond acceptors (Lipinski definition) is 4. The molecule has 0 aliphatic rings. The van der Waals surface area contributed by atoms with E-state index in [1.807, 2.05) is 23.4 Å². The second-order valence-corrected chi connectivity index (χ2v) is 5.08. The molecule has 0 unspecified atom stereocenters. The number of nitrogens with zero attached hydrogens (tertiary/aromatic N) is 1. The number of aliphatic hydroxyl groups is 2. The first-order valence-electron chi connectivity index (χ1n) is 4.32. The van der Waals surface area contributed by atoms with Gasteiger partial charge in [-0.3, -0.25) is 4.90 Å². The monoisotopic (exact) mass is 279 g/mol. The lowest BCUT2D eigenvalue weighted by molar-refractivity contribution is 0.0880. The van der Waals surface area contributed by atoms with Gasteiger partial charge in [-0.2, -0.15) is 0 Å². The van der Waals surface area contributed by atoms with E-state index in [0.717, 1.165) is 11.0 Å². The Morgan fingerprint density at radius 1 is 1.50 bits per heavy atom. The van der Waals surface area contributed by atoms with Crippen LogP contribution in [0.15, 0.2) is 15.9 Å². The summed E-state index contributed by atoms with van der Waals surface area (Å²) < 4.78 is 1.08. The largest absolute Gasteiger partial charge is 0.395 e. The zero-order chi connectivity index (χ0) is 10.6. The van der Waals surface area contributed by atoms with Crippen molar-refractivity contribution in [3.63, 3.8) is 0 Å². The number of rotatable bonds is 5. The normalized spacial score (nSPS) is 11.6. The van der Waals surface area contributed by atoms with Gasteiger partial charge in [-0.1, -0.05) is 0 Å². The molecule has 0 amide bonds. The van der Waals surface area contributed by atoms with E-state index in [9.17, 15) is 0 Å². The van der Waals surface area contributed by atoms with Gasteiger partial charge in [-0.15, -0.1) is 11.3 Å². The van der Waals surface area contributed by atoms with Crippen molar-refractivity contribution in [2.45, 2.75) is 12.6 Å². The van der Waals surface area contributed by atoms with Crippen molar-refractivity contribution in [2.24, 2.45) is 0 Å². The minimum atomic E-state index is -0.170. The quantitative estimate of drug-likeness (QED) is 0.854. The first-order chi connectivity index (χ1) is 6.67. The van der Waals surface area contributed by atoms with Crippen molar-refractivity contribution < 1.29 is 10.2 Å². The number of hydrogen-bond donors (Lipinski definition) is 2. The second kappa shape index (κ2) is 5.82. The minimum absolute atomic E-state index is 0.0143. The Hall–Kier alpha value is 0.0600. The molecular weight excluding hydrogens is 266 g/mol. The van der Waals surface area contributed by atoms with E-state index >= 15 is 0 Å². The van der Waals surface area contributed by atoms with Crippen molar-refractivity contribution >= 4 is 27.3 Å². The molecule has 1 heterocycles. The lowest BCUT2D eigenvalue weighted by atomic mass is 10.3. The summed E-state index contributed by atoms with van der Waals surface area (Å²) in [5.41, 5.74) is 0. The minimum Gasteiger partial charge on any atom is -0.395 e. The summed E-state index contributed by atoms with van der Waals surface area (Å²) >= 11 is 5.05. The molecule has 14 heavy (non-hydrogen) atoms. The van der Waals surface area contributed by atoms with Gasteiger partial charge in [0.1, 0.15) is 0 Å². The van der Waals surface area contributed by atoms with Gasteiger partial charge in [-0.25, -0.2) is 0 Å². The predicted molar refractivity (Wildman–Crippen MR) is 61.4 cm³/mol. The summed E-state index contributed by atoms with van der Waals surface area (Å²) in [4.78, 5) is 3.16. The maximum Gasteiger partial charge on any atom is 0.0609 e. The molecule has 1 rings (SSSR count). The molecule has 0 aliphatic carbocycles. The van der Waals surface area contributed by atoms with E-state index in [0.29, 0.717) is 0 Å². The molecule has 0 bridgehead atoms. The lowest BCUT2D eigenvalue weighted by Crippen LogP contribution is -2.36. The van der Waals surface area contributed by atoms with Crippen molar-refractivity contribution in [2.75, 3.05) is 20.3 Å². The highest BCUT2D eigenvalue weighted by molar-refractivity contribution is 9.10. The zero-order valence-electron chi connectivity index (χ0n) is 7.98. The molecule has 0 saturated carbocycles. The third-order valence-electron chi connectivity index (χ3n) is 2.07. The molecule has 0 atom stereocenters. The van der Waals surface area contributed by atoms with Crippen LogP contribution in [0, 0.1) is 0 Å². The molecule has 0 radical (unpaired) electrons. The molecule has 0 aliphatic heterocycles. The van der Waals surface area contributed by atoms with Gasteiger partial charge >= 0.3 is 0 Å². The van der Waals surface area contributed by atoms with Crippen LogP contribution in [-0.2, 0) is 6.54 Å². The highest BCUT2D eigenvalue weighted by atomic mass is 79.9. The van der Waals surface area contributed by atoms with Gasteiger partial charge in [0.2, 0.25) is 0 Å². The molecule has 2 N–H and O–H groups in total. The summed E-state index contributed by atoms with van der Waals surface area (Å²) in [6, 6.07) is 1.88. The average molecular weight is 280 g/mol. The number of aliphatic hydroxyl groups excluding tert-OH is 2. The fourth-order valence-corrected chi connectivity index (χ4v) is 2.66. The molecule has 1 aromatic heterocycles. The van der Waals surface area contributed by atoms with Crippen LogP contribution in [0.3, 0.4) is 0 Å². The molecule has 0 fully saturated rings. The molecule has 1 aromatic rings. The van der Waals surface area contributed by atoms with E-state index in [1.54, 1.807) is 11.3 Å². The molecule has 0 spiro atoms. The van der Waals surface area contributed by atoms with Gasteiger partial charge in [0, 0.05) is 21.3 Å². The first kappa shape index (κ1) is 12.1. The highest BCUT2D eigenvalue weighted by Gasteiger charge is 2.13. The maximum absolute atomic E-state index is 8.97. The Morgan fingerprint density at radius 3 is 2.57 bits per heavy atom. The Labute approximate surface area is 96.1 Å². The van der Waals surface area contributed by atoms with Crippen LogP contribution in [0.25, 0.3) is 0 Å². The summed E-state index contributed by atoms with van der Waals surface area (Å²) in [6.45, 7) is 0.723. The van der Waals surface area contributed by atoms with Gasteiger partial charge in [0.25, 0.3) is 0 Å². The molecule has 0 aromatic carbocycles. The summed E-state index contributed by atoms with van der Waals surface area (Å²) in [6.07, 6.45) is 0. The summed E-state index contributed by atoms with van der Waals surface area (Å²) in [7, 11) is 1.89. The van der Waals surface area contributed by atoms with Crippen molar-refractivity contribution in [3.8, 4) is 0 Å². The van der Waals surface area contributed by atoms with Crippen molar-refractivity contribution in [1.29, 1.82) is 0 Å². The summed E-state index contributed by atoms with van der Waals surface area (Å²) in [5, 5.41) is 20.0. The second-order valence-electron chi connectivity index (χ2n) is 3.17. The van der Waals surface area contributed by atoms with Gasteiger partial charge in [-0.05, 0) is 29.0 Å². The Balaban J connectivity index is 2.51. The van der Waals surface area contributed by atoms with Crippen LogP contribution < -0.4 is 0 Å². The third-order valence-corrected chi connectivity index (χ3v) is 3.75. The molecular formula is C9H14BrNO2S. The standard InChI is InChI=1S/C9H14BrNO2S/c1-11(8(4-12)5-13)3-9-2-7(10)6-14-9/h2,6,8,12-13H,3-5H2,1H3. The van der Waals surface area contributed by atoms with Crippen LogP contribution in [0.2, 0.25) is 0 Å². The van der Waals surface area contributed by atoms with Crippen LogP contribution in [0.4, 0.5) is 0 Å². The van der Waals surface area contributed by atoms with Crippen LogP contribution in [0.5, 0.6) is 0 Å². The van der Waals surface area contributed by atoms with E-state index in [1.165, 1.54) is 4.88 Å². The third kappa shape index (κ3) is 3.33. The topological polar surface area (TPSA) is 43.7 Å². The molecule has 5 heteroatoms. The number of halogens is 1. The van der Waals surface area contributed by atoms with Gasteiger partial charge < -0.3 is 10.2 Å². The lowest BCUT2D eigenvalue weighted by Gasteiger charge is -2.23. The fourth-order valence-electron chi connectivity index (χ4n) is 1.15. The van der Waals surface area contributed by atoms with Crippen LogP contribution in [0.1, 0.15) is 4.88 Å². The highest BCUT2D eigenvalue weighted by Crippen LogP contribution is 2.21. The van der Waals surface area contributed by atoms with E-state index in [2.05, 4.69) is 15.9 Å². The number of thiophene rings is 1. The Bertz CT molecular complexity index is 276. The van der Waals surface area contributed by atoms with E-state index < -0.39 is 0 Å².